The van der Waals surface area contributed by atoms with Gasteiger partial charge in [-0.2, -0.15) is 0 Å². The predicted molar refractivity (Wildman–Crippen MR) is 105 cm³/mol. The Morgan fingerprint density at radius 2 is 2.15 bits per heavy atom. The first-order chi connectivity index (χ1) is 12.6. The van der Waals surface area contributed by atoms with Crippen LogP contribution in [0.1, 0.15) is 29.3 Å². The Morgan fingerprint density at radius 1 is 1.31 bits per heavy atom. The largest absolute Gasteiger partial charge is 0.490 e. The summed E-state index contributed by atoms with van der Waals surface area (Å²) in [4.78, 5) is 16.0. The van der Waals surface area contributed by atoms with Gasteiger partial charge in [-0.1, -0.05) is 23.2 Å². The van der Waals surface area contributed by atoms with E-state index in [0.29, 0.717) is 35.0 Å². The number of halogens is 2. The van der Waals surface area contributed by atoms with Crippen molar-refractivity contribution in [1.82, 2.24) is 10.2 Å². The van der Waals surface area contributed by atoms with Crippen molar-refractivity contribution in [3.8, 4) is 5.75 Å². The number of benzene rings is 1. The molecule has 1 aliphatic heterocycles. The third-order valence-corrected chi connectivity index (χ3v) is 6.35. The Bertz CT molecular complexity index is 807. The van der Waals surface area contributed by atoms with E-state index >= 15 is 0 Å². The highest BCUT2D eigenvalue weighted by atomic mass is 35.5. The van der Waals surface area contributed by atoms with Gasteiger partial charge in [0.2, 0.25) is 5.91 Å². The molecule has 2 aliphatic rings. The topological polar surface area (TPSA) is 41.6 Å². The van der Waals surface area contributed by atoms with Crippen LogP contribution in [0.4, 0.5) is 0 Å². The lowest BCUT2D eigenvalue weighted by molar-refractivity contribution is -0.133. The van der Waals surface area contributed by atoms with Crippen LogP contribution in [-0.2, 0) is 11.2 Å². The van der Waals surface area contributed by atoms with Gasteiger partial charge in [-0.05, 0) is 54.5 Å². The lowest BCUT2D eigenvalue weighted by atomic mass is 10.0. The fraction of sp³-hybridized carbons (Fsp3) is 0.421. The maximum Gasteiger partial charge on any atom is 0.237 e. The van der Waals surface area contributed by atoms with Crippen LogP contribution in [0.5, 0.6) is 5.75 Å². The molecule has 26 heavy (non-hydrogen) atoms. The van der Waals surface area contributed by atoms with E-state index in [1.54, 1.807) is 29.5 Å². The molecule has 1 fully saturated rings. The van der Waals surface area contributed by atoms with Crippen molar-refractivity contribution in [2.75, 3.05) is 19.7 Å². The summed E-state index contributed by atoms with van der Waals surface area (Å²) in [5.74, 6) is 0.714. The van der Waals surface area contributed by atoms with Crippen molar-refractivity contribution in [3.63, 3.8) is 0 Å². The molecular weight excluding hydrogens is 391 g/mol. The van der Waals surface area contributed by atoms with Gasteiger partial charge in [0.25, 0.3) is 0 Å². The molecule has 2 aromatic rings. The molecule has 1 N–H and O–H groups in total. The lowest BCUT2D eigenvalue weighted by Crippen LogP contribution is -2.46. The Labute approximate surface area is 167 Å². The summed E-state index contributed by atoms with van der Waals surface area (Å²) in [6.07, 6.45) is 3.24. The second-order valence-corrected chi connectivity index (χ2v) is 8.54. The van der Waals surface area contributed by atoms with Gasteiger partial charge in [0.05, 0.1) is 17.6 Å². The van der Waals surface area contributed by atoms with E-state index in [0.717, 1.165) is 13.0 Å². The summed E-state index contributed by atoms with van der Waals surface area (Å²) in [5, 5.41) is 6.45. The van der Waals surface area contributed by atoms with Crippen LogP contribution in [0.3, 0.4) is 0 Å². The van der Waals surface area contributed by atoms with Gasteiger partial charge < -0.3 is 15.0 Å². The monoisotopic (exact) mass is 410 g/mol. The van der Waals surface area contributed by atoms with Crippen molar-refractivity contribution >= 4 is 40.4 Å². The van der Waals surface area contributed by atoms with Gasteiger partial charge in [0.15, 0.2) is 0 Å². The Hall–Kier alpha value is -1.27. The summed E-state index contributed by atoms with van der Waals surface area (Å²) in [7, 11) is 0. The highest BCUT2D eigenvalue weighted by Gasteiger charge is 2.33. The zero-order chi connectivity index (χ0) is 18.1. The third-order valence-electron chi connectivity index (χ3n) is 4.83. The van der Waals surface area contributed by atoms with Crippen LogP contribution in [0.2, 0.25) is 10.0 Å². The number of nitrogens with one attached hydrogen (secondary N) is 1. The Balaban J connectivity index is 1.49. The smallest absolute Gasteiger partial charge is 0.237 e. The molecule has 1 atom stereocenters. The number of nitrogens with zero attached hydrogens (tertiary/aromatic N) is 1. The minimum atomic E-state index is -0.0924. The maximum absolute atomic E-state index is 12.8. The predicted octanol–water partition coefficient (Wildman–Crippen LogP) is 4.31. The second kappa shape index (κ2) is 7.77. The van der Waals surface area contributed by atoms with Crippen LogP contribution in [0, 0.1) is 0 Å². The summed E-state index contributed by atoms with van der Waals surface area (Å²) >= 11 is 13.9. The summed E-state index contributed by atoms with van der Waals surface area (Å²) < 4.78 is 5.98. The van der Waals surface area contributed by atoms with Gasteiger partial charge in [-0.25, -0.2) is 0 Å². The van der Waals surface area contributed by atoms with Crippen molar-refractivity contribution in [2.45, 2.75) is 31.3 Å². The van der Waals surface area contributed by atoms with E-state index in [2.05, 4.69) is 16.8 Å². The lowest BCUT2D eigenvalue weighted by Gasteiger charge is -2.36. The van der Waals surface area contributed by atoms with E-state index in [1.807, 2.05) is 4.90 Å². The van der Waals surface area contributed by atoms with Gasteiger partial charge in [-0.3, -0.25) is 4.79 Å². The minimum absolute atomic E-state index is 0.0924. The number of thiophene rings is 1. The number of ether oxygens (including phenoxy) is 1. The first-order valence-electron chi connectivity index (χ1n) is 8.79. The van der Waals surface area contributed by atoms with Crippen LogP contribution in [-0.4, -0.2) is 36.5 Å². The highest BCUT2D eigenvalue weighted by Crippen LogP contribution is 2.35. The minimum Gasteiger partial charge on any atom is -0.490 e. The van der Waals surface area contributed by atoms with Gasteiger partial charge in [-0.15, -0.1) is 11.3 Å². The molecule has 7 heteroatoms. The van der Waals surface area contributed by atoms with E-state index in [9.17, 15) is 4.79 Å². The number of rotatable bonds is 6. The fourth-order valence-electron chi connectivity index (χ4n) is 3.26. The average Bonchev–Trinajstić information content (AvgIpc) is 3.33. The van der Waals surface area contributed by atoms with E-state index in [1.165, 1.54) is 23.3 Å². The molecule has 4 nitrogen and oxygen atoms in total. The molecule has 1 aromatic carbocycles. The number of carbonyl (C=O) groups is 1. The molecule has 1 amide bonds. The SMILES string of the molecule is O=C(CNC1CC1)N1CCc2sccc2C1COc1ccc(Cl)cc1Cl. The molecule has 1 saturated carbocycles. The van der Waals surface area contributed by atoms with Gasteiger partial charge in [0, 0.05) is 22.5 Å². The molecule has 0 bridgehead atoms. The van der Waals surface area contributed by atoms with E-state index < -0.39 is 0 Å². The molecular formula is C19H20Cl2N2O2S. The van der Waals surface area contributed by atoms with Gasteiger partial charge >= 0.3 is 0 Å². The number of carbonyl (C=O) groups excluding carboxylic acids is 1. The zero-order valence-corrected chi connectivity index (χ0v) is 16.5. The van der Waals surface area contributed by atoms with Crippen LogP contribution < -0.4 is 10.1 Å². The van der Waals surface area contributed by atoms with Crippen molar-refractivity contribution in [1.29, 1.82) is 0 Å². The molecule has 2 heterocycles. The first kappa shape index (κ1) is 18.1. The molecule has 4 rings (SSSR count). The van der Waals surface area contributed by atoms with Crippen molar-refractivity contribution in [2.24, 2.45) is 0 Å². The molecule has 138 valence electrons. The standard InChI is InChI=1S/C19H20Cl2N2O2S/c20-12-1-4-17(15(21)9-12)25-11-16-14-6-8-26-18(14)5-7-23(16)19(24)10-22-13-2-3-13/h1,4,6,8-9,13,16,22H,2-3,5,7,10-11H2. The third kappa shape index (κ3) is 4.01. The number of hydrogen-bond donors (Lipinski definition) is 1. The van der Waals surface area contributed by atoms with E-state index in [-0.39, 0.29) is 11.9 Å². The van der Waals surface area contributed by atoms with Crippen molar-refractivity contribution < 1.29 is 9.53 Å². The quantitative estimate of drug-likeness (QED) is 0.770. The molecule has 0 radical (unpaired) electrons. The normalized spacial score (nSPS) is 19.3. The second-order valence-electron chi connectivity index (χ2n) is 6.69. The number of amides is 1. The van der Waals surface area contributed by atoms with Crippen LogP contribution >= 0.6 is 34.5 Å². The molecule has 1 aromatic heterocycles. The van der Waals surface area contributed by atoms with Crippen LogP contribution in [0.25, 0.3) is 0 Å². The average molecular weight is 411 g/mol. The zero-order valence-electron chi connectivity index (χ0n) is 14.2. The summed E-state index contributed by atoms with van der Waals surface area (Å²) in [6.45, 7) is 1.49. The Morgan fingerprint density at radius 3 is 2.92 bits per heavy atom. The molecule has 1 aliphatic carbocycles. The molecule has 0 spiro atoms. The Kier molecular flexibility index (Phi) is 5.41. The van der Waals surface area contributed by atoms with Gasteiger partial charge in [0.1, 0.15) is 12.4 Å². The number of fused-ring (bicyclic) bond motifs is 1. The summed E-state index contributed by atoms with van der Waals surface area (Å²) in [6, 6.07) is 7.71. The molecule has 0 saturated heterocycles. The first-order valence-corrected chi connectivity index (χ1v) is 10.4. The van der Waals surface area contributed by atoms with E-state index in [4.69, 9.17) is 27.9 Å². The highest BCUT2D eigenvalue weighted by molar-refractivity contribution is 7.10. The van der Waals surface area contributed by atoms with Crippen LogP contribution in [0.15, 0.2) is 29.6 Å². The maximum atomic E-state index is 12.8. The van der Waals surface area contributed by atoms with Crippen molar-refractivity contribution in [3.05, 3.63) is 50.1 Å². The number of hydrogen-bond acceptors (Lipinski definition) is 4. The fourth-order valence-corrected chi connectivity index (χ4v) is 4.65. The molecule has 1 unspecified atom stereocenters. The summed E-state index contributed by atoms with van der Waals surface area (Å²) in [5.41, 5.74) is 1.19.